The summed E-state index contributed by atoms with van der Waals surface area (Å²) in [6, 6.07) is 5.17. The highest BCUT2D eigenvalue weighted by Gasteiger charge is 2.05. The molecular weight excluding hydrogens is 170 g/mol. The highest BCUT2D eigenvalue weighted by atomic mass is 16.5. The fraction of sp³-hybridized carbons (Fsp3) is 0.333. The fourth-order valence-electron chi connectivity index (χ4n) is 1.03. The van der Waals surface area contributed by atoms with Gasteiger partial charge >= 0.3 is 0 Å². The zero-order valence-electron chi connectivity index (χ0n) is 7.94. The summed E-state index contributed by atoms with van der Waals surface area (Å²) in [6.07, 6.45) is 0. The van der Waals surface area contributed by atoms with E-state index in [2.05, 4.69) is 0 Å². The van der Waals surface area contributed by atoms with Crippen LogP contribution in [0.15, 0.2) is 18.2 Å². The van der Waals surface area contributed by atoms with Crippen LogP contribution in [0.25, 0.3) is 0 Å². The van der Waals surface area contributed by atoms with Gasteiger partial charge in [-0.15, -0.1) is 0 Å². The minimum absolute atomic E-state index is 0.598. The number of methoxy groups -OCH3 is 2. The molecule has 0 heterocycles. The first-order chi connectivity index (χ1) is 6.19. The van der Waals surface area contributed by atoms with Crippen LogP contribution in [0.5, 0.6) is 11.5 Å². The molecular formula is C9H13NO3. The molecule has 1 aromatic carbocycles. The summed E-state index contributed by atoms with van der Waals surface area (Å²) in [4.78, 5) is 0. The fourth-order valence-corrected chi connectivity index (χ4v) is 1.03. The molecule has 0 spiro atoms. The van der Waals surface area contributed by atoms with Crippen molar-refractivity contribution in [2.75, 3.05) is 26.3 Å². The number of benzene rings is 1. The molecule has 0 aliphatic rings. The third kappa shape index (κ3) is 2.03. The van der Waals surface area contributed by atoms with Crippen LogP contribution in [0.2, 0.25) is 0 Å². The van der Waals surface area contributed by atoms with Gasteiger partial charge in [-0.25, -0.2) is 0 Å². The van der Waals surface area contributed by atoms with E-state index in [-0.39, 0.29) is 0 Å². The van der Waals surface area contributed by atoms with E-state index >= 15 is 0 Å². The first-order valence-electron chi connectivity index (χ1n) is 3.83. The van der Waals surface area contributed by atoms with E-state index in [1.165, 1.54) is 0 Å². The van der Waals surface area contributed by atoms with Gasteiger partial charge in [0.1, 0.15) is 0 Å². The quantitative estimate of drug-likeness (QED) is 0.721. The van der Waals surface area contributed by atoms with Crippen molar-refractivity contribution in [2.24, 2.45) is 0 Å². The zero-order chi connectivity index (χ0) is 9.84. The summed E-state index contributed by atoms with van der Waals surface area (Å²) >= 11 is 0. The average molecular weight is 183 g/mol. The molecule has 1 aromatic rings. The summed E-state index contributed by atoms with van der Waals surface area (Å²) in [5.74, 6) is 1.24. The zero-order valence-corrected chi connectivity index (χ0v) is 7.94. The Bertz CT molecular complexity index is 286. The number of ether oxygens (including phenoxy) is 2. The Kier molecular flexibility index (Phi) is 2.97. The molecule has 0 saturated heterocycles. The lowest BCUT2D eigenvalue weighted by Gasteiger charge is -2.13. The van der Waals surface area contributed by atoms with Crippen LogP contribution in [0.1, 0.15) is 0 Å². The predicted molar refractivity (Wildman–Crippen MR) is 49.7 cm³/mol. The number of rotatable bonds is 3. The Morgan fingerprint density at radius 3 is 2.23 bits per heavy atom. The highest BCUT2D eigenvalue weighted by Crippen LogP contribution is 2.30. The molecule has 0 bridgehead atoms. The van der Waals surface area contributed by atoms with Gasteiger partial charge in [0, 0.05) is 13.1 Å². The number of hydrogen-bond acceptors (Lipinski definition) is 4. The molecule has 0 amide bonds. The minimum Gasteiger partial charge on any atom is -0.493 e. The molecule has 4 nitrogen and oxygen atoms in total. The van der Waals surface area contributed by atoms with Crippen LogP contribution < -0.4 is 14.5 Å². The number of hydroxylamine groups is 1. The van der Waals surface area contributed by atoms with Crippen molar-refractivity contribution in [3.05, 3.63) is 18.2 Å². The van der Waals surface area contributed by atoms with E-state index in [1.54, 1.807) is 39.5 Å². The number of hydrogen-bond donors (Lipinski definition) is 1. The summed E-state index contributed by atoms with van der Waals surface area (Å²) in [5.41, 5.74) is 0.651. The van der Waals surface area contributed by atoms with Gasteiger partial charge in [-0.2, -0.15) is 0 Å². The number of nitrogens with zero attached hydrogens (tertiary/aromatic N) is 1. The standard InChI is InChI=1S/C9H13NO3/c1-10(11)7-4-5-8(12-2)9(6-7)13-3/h4-6,11H,1-3H3. The molecule has 0 aliphatic heterocycles. The summed E-state index contributed by atoms with van der Waals surface area (Å²) in [7, 11) is 4.67. The second-order valence-corrected chi connectivity index (χ2v) is 2.56. The van der Waals surface area contributed by atoms with E-state index < -0.39 is 0 Å². The molecule has 0 aliphatic carbocycles. The van der Waals surface area contributed by atoms with Gasteiger partial charge in [-0.3, -0.25) is 10.3 Å². The monoisotopic (exact) mass is 183 g/mol. The van der Waals surface area contributed by atoms with Crippen molar-refractivity contribution in [1.29, 1.82) is 0 Å². The maximum Gasteiger partial charge on any atom is 0.162 e. The van der Waals surface area contributed by atoms with Gasteiger partial charge in [-0.1, -0.05) is 0 Å². The van der Waals surface area contributed by atoms with Crippen LogP contribution in [0.4, 0.5) is 5.69 Å². The lowest BCUT2D eigenvalue weighted by atomic mass is 10.3. The van der Waals surface area contributed by atoms with Crippen LogP contribution in [0.3, 0.4) is 0 Å². The third-order valence-corrected chi connectivity index (χ3v) is 1.74. The minimum atomic E-state index is 0.598. The first kappa shape index (κ1) is 9.67. The van der Waals surface area contributed by atoms with Crippen molar-refractivity contribution in [1.82, 2.24) is 0 Å². The van der Waals surface area contributed by atoms with E-state index in [4.69, 9.17) is 14.7 Å². The molecule has 0 saturated carbocycles. The second kappa shape index (κ2) is 4.00. The van der Waals surface area contributed by atoms with Crippen molar-refractivity contribution in [2.45, 2.75) is 0 Å². The van der Waals surface area contributed by atoms with Gasteiger partial charge in [-0.05, 0) is 12.1 Å². The van der Waals surface area contributed by atoms with E-state index in [0.29, 0.717) is 17.2 Å². The maximum atomic E-state index is 9.14. The lowest BCUT2D eigenvalue weighted by molar-refractivity contribution is 0.278. The van der Waals surface area contributed by atoms with Crippen molar-refractivity contribution in [3.8, 4) is 11.5 Å². The molecule has 1 rings (SSSR count). The first-order valence-corrected chi connectivity index (χ1v) is 3.83. The average Bonchev–Trinajstić information content (AvgIpc) is 2.16. The lowest BCUT2D eigenvalue weighted by Crippen LogP contribution is -2.09. The van der Waals surface area contributed by atoms with Crippen LogP contribution in [-0.4, -0.2) is 26.5 Å². The van der Waals surface area contributed by atoms with Gasteiger partial charge in [0.05, 0.1) is 19.9 Å². The SMILES string of the molecule is COc1ccc(N(C)O)cc1OC. The molecule has 72 valence electrons. The topological polar surface area (TPSA) is 41.9 Å². The maximum absolute atomic E-state index is 9.14. The van der Waals surface area contributed by atoms with Gasteiger partial charge in [0.15, 0.2) is 11.5 Å². The summed E-state index contributed by atoms with van der Waals surface area (Å²) in [5, 5.41) is 10.2. The molecule has 1 N–H and O–H groups in total. The van der Waals surface area contributed by atoms with Crippen LogP contribution >= 0.6 is 0 Å². The summed E-state index contributed by atoms with van der Waals surface area (Å²) < 4.78 is 10.1. The molecule has 0 aromatic heterocycles. The van der Waals surface area contributed by atoms with E-state index in [9.17, 15) is 0 Å². The van der Waals surface area contributed by atoms with Crippen molar-refractivity contribution < 1.29 is 14.7 Å². The molecule has 13 heavy (non-hydrogen) atoms. The Labute approximate surface area is 77.3 Å². The summed E-state index contributed by atoms with van der Waals surface area (Å²) in [6.45, 7) is 0. The van der Waals surface area contributed by atoms with Gasteiger partial charge in [0.25, 0.3) is 0 Å². The van der Waals surface area contributed by atoms with Gasteiger partial charge < -0.3 is 9.47 Å². The Hall–Kier alpha value is -1.42. The molecule has 0 fully saturated rings. The van der Waals surface area contributed by atoms with Gasteiger partial charge in [0.2, 0.25) is 0 Å². The predicted octanol–water partition coefficient (Wildman–Crippen LogP) is 1.53. The van der Waals surface area contributed by atoms with Crippen LogP contribution in [-0.2, 0) is 0 Å². The Morgan fingerprint density at radius 1 is 1.15 bits per heavy atom. The van der Waals surface area contributed by atoms with Crippen molar-refractivity contribution >= 4 is 5.69 Å². The van der Waals surface area contributed by atoms with Crippen LogP contribution in [0, 0.1) is 0 Å². The van der Waals surface area contributed by atoms with E-state index in [1.807, 2.05) is 0 Å². The molecule has 4 heteroatoms. The Morgan fingerprint density at radius 2 is 1.77 bits per heavy atom. The number of anilines is 1. The third-order valence-electron chi connectivity index (χ3n) is 1.74. The molecule has 0 unspecified atom stereocenters. The molecule has 0 atom stereocenters. The second-order valence-electron chi connectivity index (χ2n) is 2.56. The molecule has 0 radical (unpaired) electrons. The Balaban J connectivity index is 3.05. The van der Waals surface area contributed by atoms with E-state index in [0.717, 1.165) is 5.06 Å². The largest absolute Gasteiger partial charge is 0.493 e. The normalized spacial score (nSPS) is 9.54. The highest BCUT2D eigenvalue weighted by molar-refractivity contribution is 5.54. The van der Waals surface area contributed by atoms with Crippen molar-refractivity contribution in [3.63, 3.8) is 0 Å². The smallest absolute Gasteiger partial charge is 0.162 e.